The zero-order chi connectivity index (χ0) is 17.1. The van der Waals surface area contributed by atoms with Crippen molar-refractivity contribution in [1.29, 1.82) is 0 Å². The molecule has 0 radical (unpaired) electrons. The van der Waals surface area contributed by atoms with Crippen LogP contribution in [0.5, 0.6) is 5.75 Å². The van der Waals surface area contributed by atoms with Gasteiger partial charge in [0.15, 0.2) is 0 Å². The molecule has 0 saturated heterocycles. The molecule has 2 aromatic rings. The molecule has 5 heteroatoms. The summed E-state index contributed by atoms with van der Waals surface area (Å²) in [7, 11) is 5.25. The number of benzene rings is 2. The molecule has 0 aliphatic carbocycles. The average Bonchev–Trinajstić information content (AvgIpc) is 2.62. The summed E-state index contributed by atoms with van der Waals surface area (Å²) in [6.07, 6.45) is 0.869. The minimum Gasteiger partial charge on any atom is -0.497 e. The van der Waals surface area contributed by atoms with Gasteiger partial charge in [-0.2, -0.15) is 0 Å². The highest BCUT2D eigenvalue weighted by Crippen LogP contribution is 2.30. The van der Waals surface area contributed by atoms with Crippen LogP contribution in [0.1, 0.15) is 22.6 Å². The summed E-state index contributed by atoms with van der Waals surface area (Å²) in [4.78, 5) is 19.3. The lowest BCUT2D eigenvalue weighted by atomic mass is 9.84. The smallest absolute Gasteiger partial charge is 0.235 e. The Morgan fingerprint density at radius 1 is 1.16 bits per heavy atom. The number of aliphatic imine (C=N–C) groups is 1. The molecule has 0 N–H and O–H groups in total. The minimum atomic E-state index is -0.381. The topological polar surface area (TPSA) is 41.9 Å². The van der Waals surface area contributed by atoms with Gasteiger partial charge in [-0.3, -0.25) is 9.79 Å². The third-order valence-electron chi connectivity index (χ3n) is 4.35. The lowest BCUT2D eigenvalue weighted by molar-refractivity contribution is -0.128. The Labute approximate surface area is 154 Å². The predicted molar refractivity (Wildman–Crippen MR) is 103 cm³/mol. The van der Waals surface area contributed by atoms with Gasteiger partial charge in [-0.1, -0.05) is 30.3 Å². The van der Waals surface area contributed by atoms with E-state index in [0.717, 1.165) is 29.0 Å². The van der Waals surface area contributed by atoms with Gasteiger partial charge < -0.3 is 9.64 Å². The number of rotatable bonds is 4. The molecular weight excluding hydrogens is 336 g/mol. The van der Waals surface area contributed by atoms with Crippen molar-refractivity contribution in [2.75, 3.05) is 27.7 Å². The van der Waals surface area contributed by atoms with E-state index in [-0.39, 0.29) is 24.2 Å². The quantitative estimate of drug-likeness (QED) is 0.841. The molecule has 1 aliphatic rings. The van der Waals surface area contributed by atoms with E-state index < -0.39 is 0 Å². The van der Waals surface area contributed by atoms with Crippen LogP contribution in [-0.2, 0) is 11.2 Å². The number of halogens is 1. The first kappa shape index (κ1) is 19.0. The molecular formula is C20H23ClN2O2. The molecule has 1 aliphatic heterocycles. The number of methoxy groups -OCH3 is 1. The molecule has 0 spiro atoms. The molecule has 1 unspecified atom stereocenters. The Morgan fingerprint density at radius 3 is 2.52 bits per heavy atom. The molecule has 0 aromatic heterocycles. The summed E-state index contributed by atoms with van der Waals surface area (Å²) in [5.41, 5.74) is 4.06. The number of carbonyl (C=O) groups is 1. The third-order valence-corrected chi connectivity index (χ3v) is 4.35. The largest absolute Gasteiger partial charge is 0.497 e. The molecule has 1 heterocycles. The summed E-state index contributed by atoms with van der Waals surface area (Å²) < 4.78 is 5.33. The SMILES string of the molecule is COc1ccc2c(c1)CCN=C2C(C(=O)N(C)C)c1ccccc1.Cl. The van der Waals surface area contributed by atoms with Crippen molar-refractivity contribution in [3.8, 4) is 5.75 Å². The van der Waals surface area contributed by atoms with E-state index in [2.05, 4.69) is 0 Å². The van der Waals surface area contributed by atoms with Crippen LogP contribution in [0.25, 0.3) is 0 Å². The van der Waals surface area contributed by atoms with Crippen LogP contribution in [-0.4, -0.2) is 44.3 Å². The number of hydrogen-bond donors (Lipinski definition) is 0. The maximum absolute atomic E-state index is 12.9. The van der Waals surface area contributed by atoms with Gasteiger partial charge in [0.05, 0.1) is 12.8 Å². The fourth-order valence-electron chi connectivity index (χ4n) is 3.10. The van der Waals surface area contributed by atoms with Crippen LogP contribution in [0.3, 0.4) is 0 Å². The summed E-state index contributed by atoms with van der Waals surface area (Å²) in [6, 6.07) is 15.9. The lowest BCUT2D eigenvalue weighted by Crippen LogP contribution is -2.35. The summed E-state index contributed by atoms with van der Waals surface area (Å²) in [5, 5.41) is 0. The molecule has 4 nitrogen and oxygen atoms in total. The predicted octanol–water partition coefficient (Wildman–Crippen LogP) is 3.33. The highest BCUT2D eigenvalue weighted by Gasteiger charge is 2.31. The van der Waals surface area contributed by atoms with Crippen LogP contribution in [0, 0.1) is 0 Å². The van der Waals surface area contributed by atoms with Crippen molar-refractivity contribution in [2.45, 2.75) is 12.3 Å². The number of amides is 1. The fraction of sp³-hybridized carbons (Fsp3) is 0.300. The normalized spacial score (nSPS) is 13.8. The number of nitrogens with zero attached hydrogens (tertiary/aromatic N) is 2. The third kappa shape index (κ3) is 3.85. The first-order valence-electron chi connectivity index (χ1n) is 8.09. The van der Waals surface area contributed by atoms with Gasteiger partial charge >= 0.3 is 0 Å². The van der Waals surface area contributed by atoms with E-state index in [9.17, 15) is 4.79 Å². The van der Waals surface area contributed by atoms with Gasteiger partial charge in [0, 0.05) is 26.2 Å². The van der Waals surface area contributed by atoms with Crippen LogP contribution < -0.4 is 4.74 Å². The molecule has 0 bridgehead atoms. The molecule has 0 saturated carbocycles. The highest BCUT2D eigenvalue weighted by molar-refractivity contribution is 6.18. The van der Waals surface area contributed by atoms with Gasteiger partial charge in [0.1, 0.15) is 11.7 Å². The maximum Gasteiger partial charge on any atom is 0.235 e. The van der Waals surface area contributed by atoms with Crippen LogP contribution in [0.2, 0.25) is 0 Å². The first-order chi connectivity index (χ1) is 11.6. The molecule has 25 heavy (non-hydrogen) atoms. The van der Waals surface area contributed by atoms with Crippen molar-refractivity contribution < 1.29 is 9.53 Å². The second-order valence-corrected chi connectivity index (χ2v) is 6.12. The average molecular weight is 359 g/mol. The Kier molecular flexibility index (Phi) is 6.21. The molecule has 2 aromatic carbocycles. The minimum absolute atomic E-state index is 0. The molecule has 0 fully saturated rings. The number of likely N-dealkylation sites (N-methyl/N-ethyl adjacent to an activating group) is 1. The van der Waals surface area contributed by atoms with Gasteiger partial charge in [0.25, 0.3) is 0 Å². The molecule has 132 valence electrons. The van der Waals surface area contributed by atoms with Crippen LogP contribution in [0.4, 0.5) is 0 Å². The zero-order valence-electron chi connectivity index (χ0n) is 14.7. The van der Waals surface area contributed by atoms with Crippen molar-refractivity contribution in [1.82, 2.24) is 4.90 Å². The summed E-state index contributed by atoms with van der Waals surface area (Å²) >= 11 is 0. The highest BCUT2D eigenvalue weighted by atomic mass is 35.5. The monoisotopic (exact) mass is 358 g/mol. The van der Waals surface area contributed by atoms with Crippen molar-refractivity contribution in [3.63, 3.8) is 0 Å². The Morgan fingerprint density at radius 2 is 1.88 bits per heavy atom. The van der Waals surface area contributed by atoms with Crippen molar-refractivity contribution in [2.24, 2.45) is 4.99 Å². The van der Waals surface area contributed by atoms with E-state index >= 15 is 0 Å². The van der Waals surface area contributed by atoms with E-state index in [4.69, 9.17) is 9.73 Å². The Balaban J connectivity index is 0.00000225. The molecule has 1 atom stereocenters. The van der Waals surface area contributed by atoms with Crippen molar-refractivity contribution >= 4 is 24.0 Å². The van der Waals surface area contributed by atoms with Gasteiger partial charge in [-0.05, 0) is 35.7 Å². The van der Waals surface area contributed by atoms with E-state index in [0.29, 0.717) is 6.54 Å². The van der Waals surface area contributed by atoms with Crippen LogP contribution >= 0.6 is 12.4 Å². The van der Waals surface area contributed by atoms with Gasteiger partial charge in [-0.25, -0.2) is 0 Å². The van der Waals surface area contributed by atoms with Gasteiger partial charge in [0.2, 0.25) is 5.91 Å². The number of hydrogen-bond acceptors (Lipinski definition) is 3. The van der Waals surface area contributed by atoms with E-state index in [1.165, 1.54) is 5.56 Å². The Hall–Kier alpha value is -2.33. The second kappa shape index (κ2) is 8.17. The molecule has 1 amide bonds. The zero-order valence-corrected chi connectivity index (χ0v) is 15.5. The number of fused-ring (bicyclic) bond motifs is 1. The first-order valence-corrected chi connectivity index (χ1v) is 8.09. The van der Waals surface area contributed by atoms with Crippen LogP contribution in [0.15, 0.2) is 53.5 Å². The Bertz CT molecular complexity index is 773. The fourth-order valence-corrected chi connectivity index (χ4v) is 3.10. The van der Waals surface area contributed by atoms with E-state index in [1.807, 2.05) is 48.5 Å². The number of ether oxygens (including phenoxy) is 1. The number of carbonyl (C=O) groups excluding carboxylic acids is 1. The summed E-state index contributed by atoms with van der Waals surface area (Å²) in [6.45, 7) is 0.694. The van der Waals surface area contributed by atoms with Gasteiger partial charge in [-0.15, -0.1) is 12.4 Å². The second-order valence-electron chi connectivity index (χ2n) is 6.12. The summed E-state index contributed by atoms with van der Waals surface area (Å²) in [5.74, 6) is 0.502. The molecule has 3 rings (SSSR count). The standard InChI is InChI=1S/C20H22N2O2.ClH/c1-22(2)20(23)18(14-7-5-4-6-8-14)19-17-10-9-16(24-3)13-15(17)11-12-21-19;/h4-10,13,18H,11-12H2,1-3H3;1H. The maximum atomic E-state index is 12.9. The lowest BCUT2D eigenvalue weighted by Gasteiger charge is -2.26. The van der Waals surface area contributed by atoms with E-state index in [1.54, 1.807) is 26.1 Å². The van der Waals surface area contributed by atoms with Crippen molar-refractivity contribution in [3.05, 3.63) is 65.2 Å².